The van der Waals surface area contributed by atoms with E-state index in [1.54, 1.807) is 6.07 Å². The van der Waals surface area contributed by atoms with E-state index >= 15 is 0 Å². The molecule has 4 unspecified atom stereocenters. The first-order chi connectivity index (χ1) is 14.7. The summed E-state index contributed by atoms with van der Waals surface area (Å²) in [5, 5.41) is 0. The van der Waals surface area contributed by atoms with Crippen LogP contribution >= 0.6 is 0 Å². The molecular weight excluding hydrogens is 411 g/mol. The van der Waals surface area contributed by atoms with Crippen LogP contribution in [0.4, 0.5) is 22.0 Å². The Kier molecular flexibility index (Phi) is 6.27. The number of hydrogen-bond acceptors (Lipinski definition) is 1. The molecule has 4 atom stereocenters. The fourth-order valence-corrected chi connectivity index (χ4v) is 5.39. The average Bonchev–Trinajstić information content (AvgIpc) is 2.71. The first-order valence-electron chi connectivity index (χ1n) is 11.0. The smallest absolute Gasteiger partial charge is 0.422 e. The van der Waals surface area contributed by atoms with Gasteiger partial charge in [-0.2, -0.15) is 13.2 Å². The lowest BCUT2D eigenvalue weighted by molar-refractivity contribution is -0.153. The number of halogens is 5. The predicted molar refractivity (Wildman–Crippen MR) is 110 cm³/mol. The van der Waals surface area contributed by atoms with E-state index in [1.165, 1.54) is 37.8 Å². The molecule has 0 aliphatic heterocycles. The molecule has 1 nitrogen and oxygen atoms in total. The molecule has 0 heterocycles. The molecule has 0 spiro atoms. The van der Waals surface area contributed by atoms with Gasteiger partial charge < -0.3 is 4.74 Å². The van der Waals surface area contributed by atoms with Crippen LogP contribution in [0.25, 0.3) is 11.1 Å². The van der Waals surface area contributed by atoms with Crippen molar-refractivity contribution in [3.63, 3.8) is 0 Å². The molecule has 2 aromatic rings. The summed E-state index contributed by atoms with van der Waals surface area (Å²) in [6, 6.07) is 8.58. The summed E-state index contributed by atoms with van der Waals surface area (Å²) in [4.78, 5) is 0. The number of alkyl halides is 3. The Morgan fingerprint density at radius 2 is 1.61 bits per heavy atom. The zero-order valence-corrected chi connectivity index (χ0v) is 17.5. The Morgan fingerprint density at radius 1 is 0.871 bits per heavy atom. The van der Waals surface area contributed by atoms with Gasteiger partial charge in [-0.3, -0.25) is 0 Å². The lowest BCUT2D eigenvalue weighted by atomic mass is 9.64. The van der Waals surface area contributed by atoms with E-state index in [0.29, 0.717) is 5.92 Å². The largest absolute Gasteiger partial charge is 0.481 e. The molecule has 2 fully saturated rings. The fraction of sp³-hybridized carbons (Fsp3) is 0.520. The molecule has 0 saturated heterocycles. The van der Waals surface area contributed by atoms with Crippen LogP contribution in [0.15, 0.2) is 36.4 Å². The average molecular weight is 438 g/mol. The second-order valence-corrected chi connectivity index (χ2v) is 9.24. The summed E-state index contributed by atoms with van der Waals surface area (Å²) in [5.41, 5.74) is 1.47. The topological polar surface area (TPSA) is 9.23 Å². The van der Waals surface area contributed by atoms with Gasteiger partial charge in [0.15, 0.2) is 18.2 Å². The third-order valence-electron chi connectivity index (χ3n) is 6.97. The van der Waals surface area contributed by atoms with Gasteiger partial charge in [-0.15, -0.1) is 0 Å². The molecule has 6 heteroatoms. The molecule has 168 valence electrons. The Morgan fingerprint density at radius 3 is 2.32 bits per heavy atom. The molecule has 2 aliphatic carbocycles. The maximum atomic E-state index is 14.9. The van der Waals surface area contributed by atoms with Crippen LogP contribution in [0, 0.1) is 29.4 Å². The van der Waals surface area contributed by atoms with Crippen LogP contribution in [0.1, 0.15) is 56.9 Å². The van der Waals surface area contributed by atoms with Crippen LogP contribution in [0.5, 0.6) is 5.75 Å². The van der Waals surface area contributed by atoms with Crippen molar-refractivity contribution < 1.29 is 26.7 Å². The fourth-order valence-electron chi connectivity index (χ4n) is 5.39. The number of hydrogen-bond donors (Lipinski definition) is 0. The van der Waals surface area contributed by atoms with Crippen molar-refractivity contribution in [2.75, 3.05) is 6.61 Å². The van der Waals surface area contributed by atoms with E-state index in [2.05, 4.69) is 11.7 Å². The Labute approximate surface area is 179 Å². The molecule has 31 heavy (non-hydrogen) atoms. The Bertz CT molecular complexity index is 923. The second-order valence-electron chi connectivity index (χ2n) is 9.24. The molecule has 0 bridgehead atoms. The predicted octanol–water partition coefficient (Wildman–Crippen LogP) is 7.89. The summed E-state index contributed by atoms with van der Waals surface area (Å²) in [7, 11) is 0. The maximum absolute atomic E-state index is 14.9. The highest BCUT2D eigenvalue weighted by Crippen LogP contribution is 2.47. The van der Waals surface area contributed by atoms with Gasteiger partial charge in [0.25, 0.3) is 0 Å². The standard InChI is InChI=1S/C25H27F5O/c1-15-2-3-17-11-18(5-4-16(17)10-15)19-6-8-21(22(26)12-19)20-7-9-24(23(27)13-20)31-14-25(28,29)30/h6-9,12-13,15-18H,2-5,10-11,14H2,1H3. The summed E-state index contributed by atoms with van der Waals surface area (Å²) in [5.74, 6) is 0.765. The third-order valence-corrected chi connectivity index (χ3v) is 6.97. The Balaban J connectivity index is 1.47. The van der Waals surface area contributed by atoms with Crippen LogP contribution in [0.3, 0.4) is 0 Å². The first-order valence-corrected chi connectivity index (χ1v) is 11.0. The zero-order valence-electron chi connectivity index (χ0n) is 17.5. The van der Waals surface area contributed by atoms with E-state index in [9.17, 15) is 22.0 Å². The molecule has 0 N–H and O–H groups in total. The second kappa shape index (κ2) is 8.79. The zero-order chi connectivity index (χ0) is 22.2. The van der Waals surface area contributed by atoms with Crippen LogP contribution in [-0.2, 0) is 0 Å². The molecule has 0 aromatic heterocycles. The molecule has 0 amide bonds. The third kappa shape index (κ3) is 5.21. The van der Waals surface area contributed by atoms with Gasteiger partial charge in [0.2, 0.25) is 0 Å². The minimum atomic E-state index is -4.55. The first kappa shape index (κ1) is 22.1. The van der Waals surface area contributed by atoms with Crippen molar-refractivity contribution in [1.29, 1.82) is 0 Å². The van der Waals surface area contributed by atoms with Gasteiger partial charge in [-0.05, 0) is 85.1 Å². The van der Waals surface area contributed by atoms with Crippen LogP contribution in [-0.4, -0.2) is 12.8 Å². The lowest BCUT2D eigenvalue weighted by Gasteiger charge is -2.41. The normalized spacial score (nSPS) is 26.4. The summed E-state index contributed by atoms with van der Waals surface area (Å²) < 4.78 is 70.4. The van der Waals surface area contributed by atoms with E-state index in [4.69, 9.17) is 0 Å². The SMILES string of the molecule is CC1CCC2CC(c3ccc(-c4ccc(OCC(F)(F)F)c(F)c4)c(F)c3)CCC2C1. The van der Waals surface area contributed by atoms with Crippen molar-refractivity contribution in [1.82, 2.24) is 0 Å². The molecule has 2 saturated carbocycles. The van der Waals surface area contributed by atoms with Gasteiger partial charge in [0, 0.05) is 5.56 Å². The number of benzene rings is 2. The van der Waals surface area contributed by atoms with Crippen molar-refractivity contribution in [2.45, 2.75) is 57.5 Å². The molecule has 0 radical (unpaired) electrons. The van der Waals surface area contributed by atoms with Crippen molar-refractivity contribution in [2.24, 2.45) is 17.8 Å². The van der Waals surface area contributed by atoms with E-state index in [1.807, 2.05) is 6.07 Å². The highest BCUT2D eigenvalue weighted by molar-refractivity contribution is 5.65. The van der Waals surface area contributed by atoms with Crippen LogP contribution in [0.2, 0.25) is 0 Å². The summed E-state index contributed by atoms with van der Waals surface area (Å²) >= 11 is 0. The van der Waals surface area contributed by atoms with Gasteiger partial charge in [-0.25, -0.2) is 8.78 Å². The maximum Gasteiger partial charge on any atom is 0.422 e. The minimum absolute atomic E-state index is 0.227. The minimum Gasteiger partial charge on any atom is -0.481 e. The molecular formula is C25H27F5O. The van der Waals surface area contributed by atoms with E-state index in [-0.39, 0.29) is 11.1 Å². The van der Waals surface area contributed by atoms with E-state index < -0.39 is 30.2 Å². The lowest BCUT2D eigenvalue weighted by Crippen LogP contribution is -2.29. The van der Waals surface area contributed by atoms with E-state index in [0.717, 1.165) is 48.3 Å². The van der Waals surface area contributed by atoms with Crippen LogP contribution < -0.4 is 4.74 Å². The molecule has 2 aliphatic rings. The number of fused-ring (bicyclic) bond motifs is 1. The Hall–Kier alpha value is -2.11. The number of rotatable bonds is 4. The van der Waals surface area contributed by atoms with Crippen molar-refractivity contribution >= 4 is 0 Å². The monoisotopic (exact) mass is 438 g/mol. The van der Waals surface area contributed by atoms with Gasteiger partial charge in [-0.1, -0.05) is 31.5 Å². The van der Waals surface area contributed by atoms with Crippen molar-refractivity contribution in [3.8, 4) is 16.9 Å². The highest BCUT2D eigenvalue weighted by Gasteiger charge is 2.35. The van der Waals surface area contributed by atoms with Gasteiger partial charge >= 0.3 is 6.18 Å². The van der Waals surface area contributed by atoms with Gasteiger partial charge in [0.05, 0.1) is 0 Å². The highest BCUT2D eigenvalue weighted by atomic mass is 19.4. The molecule has 4 rings (SSSR count). The molecule has 2 aromatic carbocycles. The summed E-state index contributed by atoms with van der Waals surface area (Å²) in [6.07, 6.45) is 2.62. The van der Waals surface area contributed by atoms with Gasteiger partial charge in [0.1, 0.15) is 5.82 Å². The quantitative estimate of drug-likeness (QED) is 0.441. The summed E-state index contributed by atoms with van der Waals surface area (Å²) in [6.45, 7) is 0.753. The number of ether oxygens (including phenoxy) is 1. The van der Waals surface area contributed by atoms with Crippen molar-refractivity contribution in [3.05, 3.63) is 53.6 Å².